The lowest BCUT2D eigenvalue weighted by Gasteiger charge is -2.26. The zero-order chi connectivity index (χ0) is 20.5. The molecule has 1 fully saturated rings. The van der Waals surface area contributed by atoms with Crippen molar-refractivity contribution in [2.24, 2.45) is 0 Å². The summed E-state index contributed by atoms with van der Waals surface area (Å²) in [6, 6.07) is 3.65. The monoisotopic (exact) mass is 388 g/mol. The number of hydrogen-bond donors (Lipinski definition) is 0. The van der Waals surface area contributed by atoms with E-state index >= 15 is 0 Å². The number of carbonyl (C=O) groups is 2. The molecule has 0 saturated carbocycles. The second kappa shape index (κ2) is 7.69. The third-order valence-corrected chi connectivity index (χ3v) is 4.65. The zero-order valence-corrected chi connectivity index (χ0v) is 17.2. The topological polar surface area (TPSA) is 76.4 Å². The van der Waals surface area contributed by atoms with Gasteiger partial charge in [-0.15, -0.1) is 0 Å². The van der Waals surface area contributed by atoms with Crippen LogP contribution in [0.4, 0.5) is 4.79 Å². The summed E-state index contributed by atoms with van der Waals surface area (Å²) in [7, 11) is 1.58. The van der Waals surface area contributed by atoms with Gasteiger partial charge >= 0.3 is 6.09 Å². The number of rotatable bonds is 2. The number of nitrogens with zero attached hydrogens (tertiary/aromatic N) is 4. The van der Waals surface area contributed by atoms with Crippen LogP contribution in [0.5, 0.6) is 5.75 Å². The molecule has 0 atom stereocenters. The summed E-state index contributed by atoms with van der Waals surface area (Å²) in [5, 5.41) is 0. The number of carbonyl (C=O) groups excluding carboxylic acids is 2. The molecule has 0 aliphatic carbocycles. The molecule has 0 radical (unpaired) electrons. The summed E-state index contributed by atoms with van der Waals surface area (Å²) in [4.78, 5) is 33.5. The molecule has 1 saturated heterocycles. The van der Waals surface area contributed by atoms with Gasteiger partial charge in [-0.2, -0.15) is 0 Å². The quantitative estimate of drug-likeness (QED) is 0.791. The van der Waals surface area contributed by atoms with Gasteiger partial charge in [-0.25, -0.2) is 9.78 Å². The molecule has 1 aliphatic rings. The van der Waals surface area contributed by atoms with E-state index in [0.717, 1.165) is 0 Å². The minimum atomic E-state index is -0.536. The van der Waals surface area contributed by atoms with Crippen molar-refractivity contribution in [3.63, 3.8) is 0 Å². The second-order valence-electron chi connectivity index (χ2n) is 7.93. The molecule has 3 heterocycles. The third-order valence-electron chi connectivity index (χ3n) is 4.65. The standard InChI is InChI=1S/C20H28N4O4/c1-14-16(24-11-6-8-15(27-5)17(24)21-14)18(25)22-9-7-10-23(13-12-22)19(26)28-20(2,3)4/h6,8,11H,7,9-10,12-13H2,1-5H3. The second-order valence-corrected chi connectivity index (χ2v) is 7.93. The zero-order valence-electron chi connectivity index (χ0n) is 17.2. The van der Waals surface area contributed by atoms with Crippen molar-refractivity contribution in [3.05, 3.63) is 29.7 Å². The van der Waals surface area contributed by atoms with Crippen LogP contribution in [0, 0.1) is 6.92 Å². The van der Waals surface area contributed by atoms with Gasteiger partial charge in [-0.1, -0.05) is 0 Å². The van der Waals surface area contributed by atoms with Crippen molar-refractivity contribution >= 4 is 17.6 Å². The van der Waals surface area contributed by atoms with Gasteiger partial charge in [0.05, 0.1) is 12.8 Å². The minimum Gasteiger partial charge on any atom is -0.493 e. The van der Waals surface area contributed by atoms with Gasteiger partial charge in [-0.3, -0.25) is 9.20 Å². The van der Waals surface area contributed by atoms with E-state index in [9.17, 15) is 9.59 Å². The minimum absolute atomic E-state index is 0.0932. The van der Waals surface area contributed by atoms with Gasteiger partial charge in [0.25, 0.3) is 5.91 Å². The summed E-state index contributed by atoms with van der Waals surface area (Å²) < 4.78 is 12.6. The molecule has 2 aromatic heterocycles. The van der Waals surface area contributed by atoms with Crippen LogP contribution in [0.2, 0.25) is 0 Å². The normalized spacial score (nSPS) is 15.5. The maximum Gasteiger partial charge on any atom is 0.410 e. The maximum atomic E-state index is 13.2. The van der Waals surface area contributed by atoms with Crippen molar-refractivity contribution < 1.29 is 19.1 Å². The van der Waals surface area contributed by atoms with Crippen molar-refractivity contribution in [2.45, 2.75) is 39.7 Å². The molecule has 28 heavy (non-hydrogen) atoms. The molecule has 0 bridgehead atoms. The number of hydrogen-bond acceptors (Lipinski definition) is 5. The highest BCUT2D eigenvalue weighted by Crippen LogP contribution is 2.23. The van der Waals surface area contributed by atoms with E-state index in [2.05, 4.69) is 4.98 Å². The molecule has 2 aromatic rings. The number of amides is 2. The fourth-order valence-electron chi connectivity index (χ4n) is 3.35. The summed E-state index contributed by atoms with van der Waals surface area (Å²) in [6.45, 7) is 9.41. The fraction of sp³-hybridized carbons (Fsp3) is 0.550. The van der Waals surface area contributed by atoms with E-state index in [-0.39, 0.29) is 12.0 Å². The summed E-state index contributed by atoms with van der Waals surface area (Å²) in [6.07, 6.45) is 2.18. The molecule has 0 unspecified atom stereocenters. The summed E-state index contributed by atoms with van der Waals surface area (Å²) in [5.41, 5.74) is 1.27. The molecule has 8 heteroatoms. The Morgan fingerprint density at radius 1 is 1.11 bits per heavy atom. The molecular formula is C20H28N4O4. The van der Waals surface area contributed by atoms with Crippen LogP contribution in [-0.4, -0.2) is 70.1 Å². The first-order valence-electron chi connectivity index (χ1n) is 9.50. The molecule has 3 rings (SSSR count). The average molecular weight is 388 g/mol. The smallest absolute Gasteiger partial charge is 0.410 e. The highest BCUT2D eigenvalue weighted by Gasteiger charge is 2.28. The predicted molar refractivity (Wildman–Crippen MR) is 105 cm³/mol. The average Bonchev–Trinajstić information content (AvgIpc) is 2.80. The molecular weight excluding hydrogens is 360 g/mol. The van der Waals surface area contributed by atoms with E-state index < -0.39 is 5.60 Å². The summed E-state index contributed by atoms with van der Waals surface area (Å²) >= 11 is 0. The third kappa shape index (κ3) is 4.05. The first kappa shape index (κ1) is 20.0. The Morgan fingerprint density at radius 3 is 2.46 bits per heavy atom. The first-order chi connectivity index (χ1) is 13.2. The molecule has 152 valence electrons. The van der Waals surface area contributed by atoms with Crippen LogP contribution in [0.25, 0.3) is 5.65 Å². The molecule has 2 amide bonds. The predicted octanol–water partition coefficient (Wildman–Crippen LogP) is 2.73. The number of aromatic nitrogens is 2. The van der Waals surface area contributed by atoms with E-state index in [4.69, 9.17) is 9.47 Å². The van der Waals surface area contributed by atoms with Gasteiger partial charge in [0.15, 0.2) is 11.4 Å². The van der Waals surface area contributed by atoms with Crippen LogP contribution in [-0.2, 0) is 4.74 Å². The maximum absolute atomic E-state index is 13.2. The van der Waals surface area contributed by atoms with Crippen LogP contribution in [0.15, 0.2) is 18.3 Å². The van der Waals surface area contributed by atoms with Gasteiger partial charge < -0.3 is 19.3 Å². The van der Waals surface area contributed by atoms with Crippen molar-refractivity contribution in [1.29, 1.82) is 0 Å². The molecule has 1 aliphatic heterocycles. The van der Waals surface area contributed by atoms with E-state index in [1.165, 1.54) is 0 Å². The number of aryl methyl sites for hydroxylation is 1. The van der Waals surface area contributed by atoms with Crippen LogP contribution in [0.3, 0.4) is 0 Å². The van der Waals surface area contributed by atoms with E-state index in [1.54, 1.807) is 21.3 Å². The molecule has 0 aromatic carbocycles. The van der Waals surface area contributed by atoms with Gasteiger partial charge in [0, 0.05) is 32.4 Å². The van der Waals surface area contributed by atoms with E-state index in [1.807, 2.05) is 46.0 Å². The highest BCUT2D eigenvalue weighted by atomic mass is 16.6. The lowest BCUT2D eigenvalue weighted by Crippen LogP contribution is -2.40. The van der Waals surface area contributed by atoms with Gasteiger partial charge in [0.2, 0.25) is 0 Å². The number of ether oxygens (including phenoxy) is 2. The fourth-order valence-corrected chi connectivity index (χ4v) is 3.35. The van der Waals surface area contributed by atoms with Crippen molar-refractivity contribution in [3.8, 4) is 5.75 Å². The Hall–Kier alpha value is -2.77. The summed E-state index contributed by atoms with van der Waals surface area (Å²) in [5.74, 6) is 0.529. The molecule has 8 nitrogen and oxygen atoms in total. The number of fused-ring (bicyclic) bond motifs is 1. The van der Waals surface area contributed by atoms with Crippen LogP contribution >= 0.6 is 0 Å². The number of methoxy groups -OCH3 is 1. The van der Waals surface area contributed by atoms with Gasteiger partial charge in [0.1, 0.15) is 11.3 Å². The van der Waals surface area contributed by atoms with E-state index in [0.29, 0.717) is 55.4 Å². The lowest BCUT2D eigenvalue weighted by molar-refractivity contribution is 0.0255. The number of pyridine rings is 1. The number of imidazole rings is 1. The Bertz CT molecular complexity index is 884. The van der Waals surface area contributed by atoms with Crippen molar-refractivity contribution in [2.75, 3.05) is 33.3 Å². The first-order valence-corrected chi connectivity index (χ1v) is 9.50. The Kier molecular flexibility index (Phi) is 5.49. The van der Waals surface area contributed by atoms with Crippen LogP contribution in [0.1, 0.15) is 43.4 Å². The Morgan fingerprint density at radius 2 is 1.79 bits per heavy atom. The van der Waals surface area contributed by atoms with Gasteiger partial charge in [-0.05, 0) is 46.2 Å². The van der Waals surface area contributed by atoms with Crippen molar-refractivity contribution in [1.82, 2.24) is 19.2 Å². The SMILES string of the molecule is COc1cccn2c(C(=O)N3CCCN(C(=O)OC(C)(C)C)CC3)c(C)nc12. The Balaban J connectivity index is 1.78. The molecule has 0 N–H and O–H groups in total. The largest absolute Gasteiger partial charge is 0.493 e. The Labute approximate surface area is 165 Å². The van der Waals surface area contributed by atoms with Crippen LogP contribution < -0.4 is 4.74 Å². The lowest BCUT2D eigenvalue weighted by atomic mass is 10.2. The highest BCUT2D eigenvalue weighted by molar-refractivity contribution is 5.95. The molecule has 0 spiro atoms.